The molecule has 0 spiro atoms. The second-order valence-corrected chi connectivity index (χ2v) is 12.3. The van der Waals surface area contributed by atoms with Crippen molar-refractivity contribution in [1.82, 2.24) is 0 Å². The van der Waals surface area contributed by atoms with Crippen LogP contribution in [0, 0.1) is 0 Å². The van der Waals surface area contributed by atoms with Gasteiger partial charge in [-0.3, -0.25) is 0 Å². The van der Waals surface area contributed by atoms with Crippen molar-refractivity contribution in [3.05, 3.63) is 158 Å². The van der Waals surface area contributed by atoms with Crippen LogP contribution in [0.25, 0.3) is 85.9 Å². The minimum absolute atomic E-state index is 1.25. The number of thiophene rings is 1. The molecule has 0 radical (unpaired) electrons. The average Bonchev–Trinajstić information content (AvgIpc) is 3.46. The van der Waals surface area contributed by atoms with E-state index < -0.39 is 0 Å². The van der Waals surface area contributed by atoms with Gasteiger partial charge in [-0.1, -0.05) is 133 Å². The minimum Gasteiger partial charge on any atom is -0.135 e. The van der Waals surface area contributed by atoms with Crippen LogP contribution in [0.15, 0.2) is 158 Å². The zero-order valence-electron chi connectivity index (χ0n) is 23.4. The zero-order valence-corrected chi connectivity index (χ0v) is 24.2. The number of benzene rings is 8. The number of rotatable bonds is 3. The maximum Gasteiger partial charge on any atom is 0.0361 e. The van der Waals surface area contributed by atoms with Gasteiger partial charge < -0.3 is 0 Å². The molecular weight excluding hydrogens is 537 g/mol. The summed E-state index contributed by atoms with van der Waals surface area (Å²) < 4.78 is 2.65. The predicted molar refractivity (Wildman–Crippen MR) is 188 cm³/mol. The van der Waals surface area contributed by atoms with E-state index >= 15 is 0 Å². The SMILES string of the molecule is c1ccc(-c2ccc3sc4cccc(-c5c6ccccc6c(-c6ccc7ccccc7c6)c6ccccc56)c4c3c2)cc1. The van der Waals surface area contributed by atoms with Crippen LogP contribution < -0.4 is 0 Å². The third-order valence-corrected chi connectivity index (χ3v) is 9.98. The van der Waals surface area contributed by atoms with E-state index in [1.807, 2.05) is 11.3 Å². The molecule has 0 bridgehead atoms. The largest absolute Gasteiger partial charge is 0.135 e. The van der Waals surface area contributed by atoms with Gasteiger partial charge >= 0.3 is 0 Å². The second kappa shape index (κ2) is 9.66. The molecule has 1 heteroatoms. The molecule has 0 saturated carbocycles. The lowest BCUT2D eigenvalue weighted by Crippen LogP contribution is -1.91. The quantitative estimate of drug-likeness (QED) is 0.188. The van der Waals surface area contributed by atoms with Crippen LogP contribution >= 0.6 is 11.3 Å². The molecule has 0 aliphatic rings. The first-order valence-corrected chi connectivity index (χ1v) is 15.6. The first kappa shape index (κ1) is 24.4. The van der Waals surface area contributed by atoms with Gasteiger partial charge in [0.15, 0.2) is 0 Å². The van der Waals surface area contributed by atoms with Crippen molar-refractivity contribution < 1.29 is 0 Å². The molecule has 43 heavy (non-hydrogen) atoms. The van der Waals surface area contributed by atoms with Crippen LogP contribution in [-0.4, -0.2) is 0 Å². The molecule has 1 aromatic heterocycles. The first-order chi connectivity index (χ1) is 21.3. The Hall–Kier alpha value is -5.24. The molecule has 0 saturated heterocycles. The van der Waals surface area contributed by atoms with Crippen LogP contribution in [0.1, 0.15) is 0 Å². The summed E-state index contributed by atoms with van der Waals surface area (Å²) in [6.07, 6.45) is 0. The Morgan fingerprint density at radius 3 is 1.70 bits per heavy atom. The van der Waals surface area contributed by atoms with Crippen molar-refractivity contribution in [3.8, 4) is 33.4 Å². The maximum absolute atomic E-state index is 2.39. The molecule has 0 unspecified atom stereocenters. The molecule has 0 nitrogen and oxygen atoms in total. The number of hydrogen-bond donors (Lipinski definition) is 0. The molecule has 0 aliphatic heterocycles. The third-order valence-electron chi connectivity index (χ3n) is 8.84. The highest BCUT2D eigenvalue weighted by molar-refractivity contribution is 7.26. The van der Waals surface area contributed by atoms with Crippen LogP contribution in [0.4, 0.5) is 0 Å². The fourth-order valence-corrected chi connectivity index (χ4v) is 8.03. The highest BCUT2D eigenvalue weighted by Crippen LogP contribution is 2.48. The lowest BCUT2D eigenvalue weighted by molar-refractivity contribution is 1.66. The Morgan fingerprint density at radius 1 is 0.326 bits per heavy atom. The molecule has 0 amide bonds. The summed E-state index contributed by atoms with van der Waals surface area (Å²) in [4.78, 5) is 0. The fraction of sp³-hybridized carbons (Fsp3) is 0. The van der Waals surface area contributed by atoms with E-state index in [0.717, 1.165) is 0 Å². The van der Waals surface area contributed by atoms with E-state index in [2.05, 4.69) is 158 Å². The monoisotopic (exact) mass is 562 g/mol. The Kier molecular flexibility index (Phi) is 5.47. The van der Waals surface area contributed by atoms with E-state index in [1.54, 1.807) is 0 Å². The van der Waals surface area contributed by atoms with Gasteiger partial charge in [0.05, 0.1) is 0 Å². The smallest absolute Gasteiger partial charge is 0.0361 e. The van der Waals surface area contributed by atoms with Gasteiger partial charge in [0.2, 0.25) is 0 Å². The standard InChI is InChI=1S/C42H26S/c1-2-11-27(12-3-1)30-23-24-38-37(26-30)42-36(19-10-20-39(42)43-38)41-34-17-8-6-15-32(34)40(33-16-7-9-18-35(33)41)31-22-21-28-13-4-5-14-29(28)25-31/h1-26H. The molecule has 8 aromatic carbocycles. The van der Waals surface area contributed by atoms with Crippen molar-refractivity contribution in [1.29, 1.82) is 0 Å². The van der Waals surface area contributed by atoms with Crippen molar-refractivity contribution in [2.75, 3.05) is 0 Å². The molecule has 9 aromatic rings. The number of hydrogen-bond acceptors (Lipinski definition) is 1. The van der Waals surface area contributed by atoms with Gasteiger partial charge in [-0.25, -0.2) is 0 Å². The summed E-state index contributed by atoms with van der Waals surface area (Å²) >= 11 is 1.89. The number of fused-ring (bicyclic) bond motifs is 6. The Balaban J connectivity index is 1.39. The van der Waals surface area contributed by atoms with Crippen molar-refractivity contribution >= 4 is 63.8 Å². The highest BCUT2D eigenvalue weighted by Gasteiger charge is 2.20. The van der Waals surface area contributed by atoms with Gasteiger partial charge in [0.25, 0.3) is 0 Å². The lowest BCUT2D eigenvalue weighted by atomic mass is 9.84. The summed E-state index contributed by atoms with van der Waals surface area (Å²) in [5, 5.41) is 10.3. The van der Waals surface area contributed by atoms with E-state index in [-0.39, 0.29) is 0 Å². The van der Waals surface area contributed by atoms with Crippen LogP contribution in [0.2, 0.25) is 0 Å². The fourth-order valence-electron chi connectivity index (χ4n) is 6.92. The van der Waals surface area contributed by atoms with Crippen LogP contribution in [0.5, 0.6) is 0 Å². The topological polar surface area (TPSA) is 0 Å². The van der Waals surface area contributed by atoms with Crippen LogP contribution in [-0.2, 0) is 0 Å². The van der Waals surface area contributed by atoms with Crippen LogP contribution in [0.3, 0.4) is 0 Å². The minimum atomic E-state index is 1.25. The Labute approximate surface area is 254 Å². The van der Waals surface area contributed by atoms with Gasteiger partial charge in [-0.15, -0.1) is 11.3 Å². The normalized spacial score (nSPS) is 11.7. The Morgan fingerprint density at radius 2 is 0.953 bits per heavy atom. The Bertz CT molecular complexity index is 2440. The summed E-state index contributed by atoms with van der Waals surface area (Å²) in [6, 6.07) is 58.0. The highest BCUT2D eigenvalue weighted by atomic mass is 32.1. The molecule has 9 rings (SSSR count). The molecule has 0 aliphatic carbocycles. The lowest BCUT2D eigenvalue weighted by Gasteiger charge is -2.18. The predicted octanol–water partition coefficient (Wildman–Crippen LogP) is 12.5. The zero-order chi connectivity index (χ0) is 28.3. The average molecular weight is 563 g/mol. The maximum atomic E-state index is 2.39. The molecule has 0 fully saturated rings. The molecule has 0 atom stereocenters. The molecule has 0 N–H and O–H groups in total. The van der Waals surface area contributed by atoms with Gasteiger partial charge in [0.1, 0.15) is 0 Å². The summed E-state index contributed by atoms with van der Waals surface area (Å²) in [7, 11) is 0. The van der Waals surface area contributed by atoms with E-state index in [4.69, 9.17) is 0 Å². The van der Waals surface area contributed by atoms with Gasteiger partial charge in [0, 0.05) is 20.2 Å². The van der Waals surface area contributed by atoms with Crippen molar-refractivity contribution in [2.24, 2.45) is 0 Å². The van der Waals surface area contributed by atoms with E-state index in [9.17, 15) is 0 Å². The molecule has 1 heterocycles. The summed E-state index contributed by atoms with van der Waals surface area (Å²) in [6.45, 7) is 0. The van der Waals surface area contributed by atoms with Crippen molar-refractivity contribution in [2.45, 2.75) is 0 Å². The first-order valence-electron chi connectivity index (χ1n) is 14.8. The summed E-state index contributed by atoms with van der Waals surface area (Å²) in [5.74, 6) is 0. The van der Waals surface area contributed by atoms with Crippen molar-refractivity contribution in [3.63, 3.8) is 0 Å². The molecule has 200 valence electrons. The van der Waals surface area contributed by atoms with Gasteiger partial charge in [-0.05, 0) is 90.0 Å². The molecular formula is C42H26S. The van der Waals surface area contributed by atoms with E-state index in [1.165, 1.54) is 85.9 Å². The van der Waals surface area contributed by atoms with Gasteiger partial charge in [-0.2, -0.15) is 0 Å². The second-order valence-electron chi connectivity index (χ2n) is 11.3. The third kappa shape index (κ3) is 3.82. The summed E-state index contributed by atoms with van der Waals surface area (Å²) in [5.41, 5.74) is 7.66. The van der Waals surface area contributed by atoms with E-state index in [0.29, 0.717) is 0 Å².